The van der Waals surface area contributed by atoms with Crippen LogP contribution in [-0.4, -0.2) is 28.2 Å². The molecule has 1 amide bonds. The molecule has 0 radical (unpaired) electrons. The van der Waals surface area contributed by atoms with E-state index in [9.17, 15) is 4.79 Å². The molecule has 142 valence electrons. The van der Waals surface area contributed by atoms with E-state index in [-0.39, 0.29) is 5.91 Å². The molecule has 0 atom stereocenters. The number of thiazole rings is 1. The van der Waals surface area contributed by atoms with Crippen molar-refractivity contribution in [3.05, 3.63) is 60.0 Å². The number of carbonyl (C=O) groups excluding carboxylic acids is 1. The van der Waals surface area contributed by atoms with Gasteiger partial charge in [0.05, 0.1) is 5.69 Å². The summed E-state index contributed by atoms with van der Waals surface area (Å²) in [7, 11) is 0. The maximum absolute atomic E-state index is 11.9. The molecule has 0 N–H and O–H groups in total. The van der Waals surface area contributed by atoms with Crippen LogP contribution in [0.3, 0.4) is 0 Å². The summed E-state index contributed by atoms with van der Waals surface area (Å²) in [6.45, 7) is 2.32. The van der Waals surface area contributed by atoms with Gasteiger partial charge < -0.3 is 9.64 Å². The van der Waals surface area contributed by atoms with Gasteiger partial charge in [-0.15, -0.1) is 11.3 Å². The first-order chi connectivity index (χ1) is 13.7. The molecule has 6 heteroatoms. The van der Waals surface area contributed by atoms with Gasteiger partial charge in [0.1, 0.15) is 17.3 Å². The summed E-state index contributed by atoms with van der Waals surface area (Å²) in [6.07, 6.45) is 2.88. The Hall–Kier alpha value is -2.99. The molecule has 0 bridgehead atoms. The Balaban J connectivity index is 1.61. The molecule has 1 aliphatic rings. The van der Waals surface area contributed by atoms with Crippen LogP contribution >= 0.6 is 11.3 Å². The van der Waals surface area contributed by atoms with E-state index >= 15 is 0 Å². The number of amidine groups is 1. The number of hydrogen-bond donors (Lipinski definition) is 0. The van der Waals surface area contributed by atoms with Crippen molar-refractivity contribution in [1.82, 2.24) is 9.88 Å². The fourth-order valence-corrected chi connectivity index (χ4v) is 3.91. The van der Waals surface area contributed by atoms with E-state index in [4.69, 9.17) is 4.74 Å². The van der Waals surface area contributed by atoms with E-state index in [1.165, 1.54) is 11.3 Å². The number of carbonyl (C=O) groups is 1. The Morgan fingerprint density at radius 3 is 2.71 bits per heavy atom. The number of likely N-dealkylation sites (tertiary alicyclic amines) is 1. The van der Waals surface area contributed by atoms with Crippen molar-refractivity contribution in [1.29, 1.82) is 0 Å². The van der Waals surface area contributed by atoms with E-state index < -0.39 is 0 Å². The van der Waals surface area contributed by atoms with Gasteiger partial charge in [-0.25, -0.2) is 9.98 Å². The number of benzene rings is 2. The zero-order chi connectivity index (χ0) is 19.3. The lowest BCUT2D eigenvalue weighted by atomic mass is 10.1. The molecular formula is C22H21N3O2S. The number of hydrogen-bond acceptors (Lipinski definition) is 5. The Morgan fingerprint density at radius 2 is 1.89 bits per heavy atom. The second-order valence-electron chi connectivity index (χ2n) is 6.58. The monoisotopic (exact) mass is 391 g/mol. The summed E-state index contributed by atoms with van der Waals surface area (Å²) >= 11 is 1.47. The number of nitrogens with zero attached hydrogens (tertiary/aromatic N) is 3. The molecule has 1 aromatic heterocycles. The minimum Gasteiger partial charge on any atom is -0.457 e. The Labute approximate surface area is 168 Å². The molecule has 0 aliphatic carbocycles. The lowest BCUT2D eigenvalue weighted by Gasteiger charge is -2.26. The summed E-state index contributed by atoms with van der Waals surface area (Å²) in [5.41, 5.74) is 1.74. The molecule has 0 unspecified atom stereocenters. The van der Waals surface area contributed by atoms with Gasteiger partial charge in [0.15, 0.2) is 0 Å². The van der Waals surface area contributed by atoms with Gasteiger partial charge in [-0.05, 0) is 37.1 Å². The number of piperidine rings is 1. The second-order valence-corrected chi connectivity index (χ2v) is 7.42. The fourth-order valence-electron chi connectivity index (χ4n) is 3.20. The normalized spacial score (nSPS) is 15.6. The lowest BCUT2D eigenvalue weighted by Crippen LogP contribution is -2.38. The van der Waals surface area contributed by atoms with Gasteiger partial charge in [-0.2, -0.15) is 0 Å². The molecule has 1 fully saturated rings. The van der Waals surface area contributed by atoms with Crippen LogP contribution in [-0.2, 0) is 4.79 Å². The lowest BCUT2D eigenvalue weighted by molar-refractivity contribution is -0.125. The third-order valence-corrected chi connectivity index (χ3v) is 5.31. The number of aliphatic imine (C=N–C) groups is 1. The first kappa shape index (κ1) is 18.4. The molecule has 2 aromatic carbocycles. The largest absolute Gasteiger partial charge is 0.457 e. The highest BCUT2D eigenvalue weighted by Gasteiger charge is 2.20. The van der Waals surface area contributed by atoms with Gasteiger partial charge in [-0.3, -0.25) is 4.79 Å². The molecule has 2 heterocycles. The maximum Gasteiger partial charge on any atom is 0.224 e. The average Bonchev–Trinajstić information content (AvgIpc) is 3.18. The number of amides is 1. The molecule has 4 rings (SSSR count). The van der Waals surface area contributed by atoms with Crippen LogP contribution in [0.15, 0.2) is 65.0 Å². The topological polar surface area (TPSA) is 54.8 Å². The molecule has 1 aliphatic heterocycles. The van der Waals surface area contributed by atoms with Crippen molar-refractivity contribution in [3.8, 4) is 22.8 Å². The third kappa shape index (κ3) is 4.12. The molecule has 0 spiro atoms. The highest BCUT2D eigenvalue weighted by molar-refractivity contribution is 7.13. The van der Waals surface area contributed by atoms with E-state index in [1.54, 1.807) is 11.8 Å². The predicted molar refractivity (Wildman–Crippen MR) is 112 cm³/mol. The minimum absolute atomic E-state index is 0.0387. The van der Waals surface area contributed by atoms with Crippen molar-refractivity contribution in [2.45, 2.75) is 26.2 Å². The van der Waals surface area contributed by atoms with Crippen molar-refractivity contribution >= 4 is 28.2 Å². The molecule has 1 saturated heterocycles. The smallest absolute Gasteiger partial charge is 0.224 e. The summed E-state index contributed by atoms with van der Waals surface area (Å²) in [6, 6.07) is 17.5. The van der Waals surface area contributed by atoms with Gasteiger partial charge in [0.2, 0.25) is 11.0 Å². The predicted octanol–water partition coefficient (Wildman–Crippen LogP) is 5.66. The van der Waals surface area contributed by atoms with E-state index in [2.05, 4.69) is 9.98 Å². The molecule has 5 nitrogen and oxygen atoms in total. The Kier molecular flexibility index (Phi) is 5.48. The van der Waals surface area contributed by atoms with Crippen LogP contribution in [0.4, 0.5) is 5.13 Å². The first-order valence-corrected chi connectivity index (χ1v) is 10.2. The van der Waals surface area contributed by atoms with Crippen LogP contribution in [0.1, 0.15) is 26.2 Å². The van der Waals surface area contributed by atoms with Gasteiger partial charge in [0, 0.05) is 30.8 Å². The van der Waals surface area contributed by atoms with E-state index in [1.807, 2.05) is 60.0 Å². The molecule has 28 heavy (non-hydrogen) atoms. The summed E-state index contributed by atoms with van der Waals surface area (Å²) in [5, 5.41) is 2.64. The third-order valence-electron chi connectivity index (χ3n) is 4.57. The summed E-state index contributed by atoms with van der Waals surface area (Å²) in [4.78, 5) is 23.0. The van der Waals surface area contributed by atoms with Crippen molar-refractivity contribution < 1.29 is 9.53 Å². The van der Waals surface area contributed by atoms with Gasteiger partial charge in [-0.1, -0.05) is 30.3 Å². The summed E-state index contributed by atoms with van der Waals surface area (Å²) < 4.78 is 6.05. The Bertz CT molecular complexity index is 998. The SMILES string of the molecule is CC(=O)N1CCCC/C1=N\c1nc(-c2ccccc2Oc2ccccc2)cs1. The van der Waals surface area contributed by atoms with Crippen LogP contribution in [0, 0.1) is 0 Å². The van der Waals surface area contributed by atoms with Gasteiger partial charge >= 0.3 is 0 Å². The standard InChI is InChI=1S/C22H21N3O2S/c1-16(26)25-14-8-7-13-21(25)24-22-23-19(15-28-22)18-11-5-6-12-20(18)27-17-9-3-2-4-10-17/h2-6,9-12,15H,7-8,13-14H2,1H3/b24-21+. The zero-order valence-electron chi connectivity index (χ0n) is 15.7. The van der Waals surface area contributed by atoms with Crippen LogP contribution in [0.5, 0.6) is 11.5 Å². The highest BCUT2D eigenvalue weighted by Crippen LogP contribution is 2.35. The Morgan fingerprint density at radius 1 is 1.11 bits per heavy atom. The first-order valence-electron chi connectivity index (χ1n) is 9.34. The number of ether oxygens (including phenoxy) is 1. The van der Waals surface area contributed by atoms with Crippen molar-refractivity contribution in [3.63, 3.8) is 0 Å². The second kappa shape index (κ2) is 8.35. The van der Waals surface area contributed by atoms with E-state index in [0.717, 1.165) is 54.4 Å². The highest BCUT2D eigenvalue weighted by atomic mass is 32.1. The minimum atomic E-state index is 0.0387. The van der Waals surface area contributed by atoms with E-state index in [0.29, 0.717) is 5.13 Å². The maximum atomic E-state index is 11.9. The van der Waals surface area contributed by atoms with Crippen LogP contribution < -0.4 is 4.74 Å². The van der Waals surface area contributed by atoms with Crippen molar-refractivity contribution in [2.24, 2.45) is 4.99 Å². The molecule has 0 saturated carbocycles. The number of rotatable bonds is 4. The molecule has 3 aromatic rings. The summed E-state index contributed by atoms with van der Waals surface area (Å²) in [5.74, 6) is 2.39. The molecular weight excluding hydrogens is 370 g/mol. The number of aromatic nitrogens is 1. The average molecular weight is 391 g/mol. The van der Waals surface area contributed by atoms with Gasteiger partial charge in [0.25, 0.3) is 0 Å². The zero-order valence-corrected chi connectivity index (χ0v) is 16.5. The fraction of sp³-hybridized carbons (Fsp3) is 0.227. The van der Waals surface area contributed by atoms with Crippen LogP contribution in [0.25, 0.3) is 11.3 Å². The number of para-hydroxylation sites is 2. The van der Waals surface area contributed by atoms with Crippen molar-refractivity contribution in [2.75, 3.05) is 6.54 Å². The van der Waals surface area contributed by atoms with Crippen LogP contribution in [0.2, 0.25) is 0 Å². The quantitative estimate of drug-likeness (QED) is 0.576.